The Bertz CT molecular complexity index is 1420. The molecule has 0 saturated heterocycles. The van der Waals surface area contributed by atoms with Crippen molar-refractivity contribution in [1.29, 1.82) is 0 Å². The van der Waals surface area contributed by atoms with E-state index in [1.54, 1.807) is 39.1 Å². The van der Waals surface area contributed by atoms with Gasteiger partial charge in [0.15, 0.2) is 5.65 Å². The largest absolute Gasteiger partial charge is 0.443 e. The number of amides is 2. The van der Waals surface area contributed by atoms with Crippen LogP contribution in [0.1, 0.15) is 62.9 Å². The Morgan fingerprint density at radius 3 is 2.62 bits per heavy atom. The van der Waals surface area contributed by atoms with Crippen molar-refractivity contribution in [3.8, 4) is 0 Å². The van der Waals surface area contributed by atoms with Crippen LogP contribution in [0.15, 0.2) is 35.4 Å². The number of carbonyl (C=O) groups is 2. The molecule has 0 aromatic carbocycles. The molecule has 5 rings (SSSR count). The van der Waals surface area contributed by atoms with E-state index in [2.05, 4.69) is 20.7 Å². The number of nitrogens with zero attached hydrogens (tertiary/aromatic N) is 5. The van der Waals surface area contributed by atoms with E-state index in [1.165, 1.54) is 33.3 Å². The van der Waals surface area contributed by atoms with Gasteiger partial charge in [-0.2, -0.15) is 9.61 Å². The van der Waals surface area contributed by atoms with E-state index < -0.39 is 29.5 Å². The Morgan fingerprint density at radius 2 is 2.00 bits per heavy atom. The zero-order chi connectivity index (χ0) is 26.5. The number of hydrogen-bond acceptors (Lipinski definition) is 7. The highest BCUT2D eigenvalue weighted by molar-refractivity contribution is 6.00. The number of aromatic nitrogens is 4. The van der Waals surface area contributed by atoms with Crippen LogP contribution in [0.25, 0.3) is 5.65 Å². The number of pyridine rings is 1. The highest BCUT2D eigenvalue weighted by atomic mass is 19.1. The zero-order valence-corrected chi connectivity index (χ0v) is 21.2. The molecular formula is C25H30FN7O4. The fraction of sp³-hybridized carbons (Fsp3) is 0.480. The molecule has 2 N–H and O–H groups in total. The van der Waals surface area contributed by atoms with Crippen molar-refractivity contribution in [2.75, 3.05) is 17.3 Å². The van der Waals surface area contributed by atoms with Gasteiger partial charge < -0.3 is 19.9 Å². The number of ether oxygens (including phenoxy) is 1. The van der Waals surface area contributed by atoms with E-state index in [4.69, 9.17) is 4.74 Å². The first-order valence-electron chi connectivity index (χ1n) is 12.3. The van der Waals surface area contributed by atoms with Gasteiger partial charge in [-0.05, 0) is 52.2 Å². The predicted octanol–water partition coefficient (Wildman–Crippen LogP) is 3.57. The summed E-state index contributed by atoms with van der Waals surface area (Å²) >= 11 is 0. The minimum Gasteiger partial charge on any atom is -0.443 e. The number of nitrogens with one attached hydrogen (secondary N) is 2. The third kappa shape index (κ3) is 5.00. The first-order chi connectivity index (χ1) is 17.5. The van der Waals surface area contributed by atoms with Crippen molar-refractivity contribution >= 4 is 35.0 Å². The van der Waals surface area contributed by atoms with Crippen LogP contribution in [-0.4, -0.2) is 56.0 Å². The maximum atomic E-state index is 13.6. The van der Waals surface area contributed by atoms with Crippen molar-refractivity contribution in [3.63, 3.8) is 0 Å². The molecule has 11 nitrogen and oxygen atoms in total. The smallest absolute Gasteiger partial charge is 0.415 e. The van der Waals surface area contributed by atoms with Crippen LogP contribution in [0.5, 0.6) is 0 Å². The third-order valence-electron chi connectivity index (χ3n) is 6.42. The van der Waals surface area contributed by atoms with Gasteiger partial charge in [0.1, 0.15) is 34.7 Å². The Kier molecular flexibility index (Phi) is 6.12. The van der Waals surface area contributed by atoms with E-state index in [-0.39, 0.29) is 40.5 Å². The van der Waals surface area contributed by atoms with E-state index >= 15 is 0 Å². The molecule has 2 fully saturated rings. The van der Waals surface area contributed by atoms with Gasteiger partial charge >= 0.3 is 6.09 Å². The van der Waals surface area contributed by atoms with E-state index in [1.807, 2.05) is 0 Å². The summed E-state index contributed by atoms with van der Waals surface area (Å²) in [6.45, 7) is 5.27. The monoisotopic (exact) mass is 511 g/mol. The summed E-state index contributed by atoms with van der Waals surface area (Å²) in [5, 5.41) is 10.3. The molecule has 0 spiro atoms. The molecule has 3 aromatic rings. The molecule has 2 aliphatic carbocycles. The second kappa shape index (κ2) is 9.16. The fourth-order valence-corrected chi connectivity index (χ4v) is 4.09. The normalized spacial score (nSPS) is 19.3. The summed E-state index contributed by atoms with van der Waals surface area (Å²) in [6.07, 6.45) is 4.47. The van der Waals surface area contributed by atoms with Crippen LogP contribution < -0.4 is 21.1 Å². The Labute approximate surface area is 212 Å². The summed E-state index contributed by atoms with van der Waals surface area (Å²) in [5.74, 6) is 0.158. The van der Waals surface area contributed by atoms with E-state index in [9.17, 15) is 18.8 Å². The van der Waals surface area contributed by atoms with Gasteiger partial charge in [-0.1, -0.05) is 0 Å². The maximum Gasteiger partial charge on any atom is 0.415 e. The van der Waals surface area contributed by atoms with Gasteiger partial charge in [0, 0.05) is 31.8 Å². The third-order valence-corrected chi connectivity index (χ3v) is 6.42. The summed E-state index contributed by atoms with van der Waals surface area (Å²) in [6, 6.07) is 4.38. The second-order valence-electron chi connectivity index (χ2n) is 10.5. The molecule has 0 bridgehead atoms. The number of anilines is 3. The molecule has 0 unspecified atom stereocenters. The highest BCUT2D eigenvalue weighted by Gasteiger charge is 2.40. The SMILES string of the molecule is CN(C(=O)OC(C)(C)C)c1cc(Nc2cccn([C@H]3C[C@@H]3F)c2=O)nc2c(C(=O)NC3CCC3)cnn12. The number of alkyl halides is 1. The zero-order valence-electron chi connectivity index (χ0n) is 21.2. The van der Waals surface area contributed by atoms with Crippen LogP contribution in [0.3, 0.4) is 0 Å². The van der Waals surface area contributed by atoms with Crippen LogP contribution in [0.4, 0.5) is 26.5 Å². The maximum absolute atomic E-state index is 13.6. The van der Waals surface area contributed by atoms with Gasteiger partial charge in [0.05, 0.1) is 12.2 Å². The summed E-state index contributed by atoms with van der Waals surface area (Å²) in [4.78, 5) is 44.6. The molecular weight excluding hydrogens is 481 g/mol. The quantitative estimate of drug-likeness (QED) is 0.519. The Balaban J connectivity index is 1.55. The molecule has 0 aliphatic heterocycles. The van der Waals surface area contributed by atoms with Crippen molar-refractivity contribution < 1.29 is 18.7 Å². The predicted molar refractivity (Wildman–Crippen MR) is 135 cm³/mol. The Morgan fingerprint density at radius 1 is 1.27 bits per heavy atom. The highest BCUT2D eigenvalue weighted by Crippen LogP contribution is 2.38. The molecule has 3 aromatic heterocycles. The van der Waals surface area contributed by atoms with Crippen molar-refractivity contribution in [1.82, 2.24) is 24.5 Å². The van der Waals surface area contributed by atoms with Gasteiger partial charge in [0.25, 0.3) is 11.5 Å². The minimum atomic E-state index is -1.04. The molecule has 196 valence electrons. The standard InChI is InChI=1S/C25H30FN7O4/c1-25(2,3)37-24(36)31(4)20-12-19(29-17-9-6-10-32(23(17)35)18-11-16(18)26)30-21-15(13-27-33(20)21)22(34)28-14-7-5-8-14/h6,9-10,12-14,16,18H,5,7-8,11H2,1-4H3,(H,28,34)(H,29,30)/t16-,18-/m0/s1. The molecule has 0 radical (unpaired) electrons. The lowest BCUT2D eigenvalue weighted by Gasteiger charge is -2.26. The molecule has 37 heavy (non-hydrogen) atoms. The first-order valence-corrected chi connectivity index (χ1v) is 12.3. The molecule has 12 heteroatoms. The number of rotatable bonds is 6. The number of fused-ring (bicyclic) bond motifs is 1. The summed E-state index contributed by atoms with van der Waals surface area (Å²) in [7, 11) is 1.52. The summed E-state index contributed by atoms with van der Waals surface area (Å²) in [5.41, 5.74) is -0.507. The van der Waals surface area contributed by atoms with Gasteiger partial charge in [0.2, 0.25) is 0 Å². The van der Waals surface area contributed by atoms with Gasteiger partial charge in [-0.25, -0.2) is 14.2 Å². The van der Waals surface area contributed by atoms with Crippen molar-refractivity contribution in [2.45, 2.75) is 70.3 Å². The average molecular weight is 512 g/mol. The molecule has 2 aliphatic rings. The topological polar surface area (TPSA) is 123 Å². The molecule has 3 heterocycles. The van der Waals surface area contributed by atoms with Crippen LogP contribution in [-0.2, 0) is 4.74 Å². The number of halogens is 1. The lowest BCUT2D eigenvalue weighted by molar-refractivity contribution is 0.0587. The van der Waals surface area contributed by atoms with Crippen molar-refractivity contribution in [2.24, 2.45) is 0 Å². The van der Waals surface area contributed by atoms with Crippen LogP contribution in [0.2, 0.25) is 0 Å². The minimum absolute atomic E-state index is 0.109. The van der Waals surface area contributed by atoms with E-state index in [0.717, 1.165) is 19.3 Å². The first kappa shape index (κ1) is 24.7. The van der Waals surface area contributed by atoms with Crippen LogP contribution >= 0.6 is 0 Å². The van der Waals surface area contributed by atoms with Crippen LogP contribution in [0, 0.1) is 0 Å². The molecule has 2 saturated carbocycles. The number of hydrogen-bond donors (Lipinski definition) is 2. The molecule has 2 atom stereocenters. The van der Waals surface area contributed by atoms with Gasteiger partial charge in [-0.3, -0.25) is 14.5 Å². The second-order valence-corrected chi connectivity index (χ2v) is 10.5. The van der Waals surface area contributed by atoms with Gasteiger partial charge in [-0.15, -0.1) is 0 Å². The number of carbonyl (C=O) groups excluding carboxylic acids is 2. The Hall–Kier alpha value is -3.96. The lowest BCUT2D eigenvalue weighted by atomic mass is 9.93. The average Bonchev–Trinajstić information content (AvgIpc) is 3.36. The summed E-state index contributed by atoms with van der Waals surface area (Å²) < 4.78 is 21.9. The van der Waals surface area contributed by atoms with E-state index in [0.29, 0.717) is 6.42 Å². The molecule has 2 amide bonds. The fourth-order valence-electron chi connectivity index (χ4n) is 4.09. The lowest BCUT2D eigenvalue weighted by Crippen LogP contribution is -2.39. The van der Waals surface area contributed by atoms with Crippen molar-refractivity contribution in [3.05, 3.63) is 46.5 Å².